The van der Waals surface area contributed by atoms with Gasteiger partial charge in [-0.25, -0.2) is 0 Å². The summed E-state index contributed by atoms with van der Waals surface area (Å²) in [6, 6.07) is 5.96. The van der Waals surface area contributed by atoms with Crippen molar-refractivity contribution >= 4 is 17.0 Å². The Hall–Kier alpha value is -1.35. The van der Waals surface area contributed by atoms with Crippen LogP contribution in [0.15, 0.2) is 29.8 Å². The molecule has 0 bridgehead atoms. The zero-order valence-corrected chi connectivity index (χ0v) is 8.14. The van der Waals surface area contributed by atoms with E-state index in [0.717, 1.165) is 21.8 Å². The second-order valence-corrected chi connectivity index (χ2v) is 3.81. The summed E-state index contributed by atoms with van der Waals surface area (Å²) in [5, 5.41) is 1.99. The van der Waals surface area contributed by atoms with Gasteiger partial charge < -0.3 is 5.73 Å². The van der Waals surface area contributed by atoms with Gasteiger partial charge in [0.2, 0.25) is 0 Å². The normalized spacial score (nSPS) is 10.2. The summed E-state index contributed by atoms with van der Waals surface area (Å²) in [5.41, 5.74) is 8.74. The Labute approximate surface area is 81.1 Å². The number of hydrogen-bond donors (Lipinski definition) is 1. The number of pyridine rings is 1. The van der Waals surface area contributed by atoms with E-state index in [1.54, 1.807) is 11.3 Å². The molecule has 0 radical (unpaired) electrons. The molecular weight excluding hydrogens is 180 g/mol. The SMILES string of the molecule is Cc1ccc(-c2sccc2N)cn1. The number of rotatable bonds is 1. The van der Waals surface area contributed by atoms with Crippen LogP contribution in [0.4, 0.5) is 5.69 Å². The maximum atomic E-state index is 5.79. The van der Waals surface area contributed by atoms with E-state index in [1.165, 1.54) is 0 Å². The van der Waals surface area contributed by atoms with Crippen molar-refractivity contribution in [3.8, 4) is 10.4 Å². The number of nitrogens with two attached hydrogens (primary N) is 1. The first kappa shape index (κ1) is 8.26. The maximum absolute atomic E-state index is 5.79. The summed E-state index contributed by atoms with van der Waals surface area (Å²) in [7, 11) is 0. The Morgan fingerprint density at radius 1 is 1.31 bits per heavy atom. The van der Waals surface area contributed by atoms with Gasteiger partial charge in [-0.1, -0.05) is 6.07 Å². The van der Waals surface area contributed by atoms with Gasteiger partial charge in [-0.2, -0.15) is 0 Å². The molecule has 66 valence electrons. The van der Waals surface area contributed by atoms with Gasteiger partial charge in [0.15, 0.2) is 0 Å². The van der Waals surface area contributed by atoms with Crippen LogP contribution < -0.4 is 5.73 Å². The minimum atomic E-state index is 0.829. The van der Waals surface area contributed by atoms with Crippen molar-refractivity contribution in [3.63, 3.8) is 0 Å². The zero-order valence-electron chi connectivity index (χ0n) is 7.32. The molecular formula is C10H10N2S. The van der Waals surface area contributed by atoms with Gasteiger partial charge in [0.1, 0.15) is 0 Å². The summed E-state index contributed by atoms with van der Waals surface area (Å²) in [5.74, 6) is 0. The standard InChI is InChI=1S/C10H10N2S/c1-7-2-3-8(6-12-7)10-9(11)4-5-13-10/h2-6H,11H2,1H3. The van der Waals surface area contributed by atoms with Crippen molar-refractivity contribution in [2.75, 3.05) is 5.73 Å². The summed E-state index contributed by atoms with van der Waals surface area (Å²) < 4.78 is 0. The molecule has 13 heavy (non-hydrogen) atoms. The highest BCUT2D eigenvalue weighted by Crippen LogP contribution is 2.30. The lowest BCUT2D eigenvalue weighted by Crippen LogP contribution is -1.85. The van der Waals surface area contributed by atoms with Gasteiger partial charge in [0, 0.05) is 17.5 Å². The van der Waals surface area contributed by atoms with E-state index in [2.05, 4.69) is 4.98 Å². The molecule has 2 heterocycles. The second-order valence-electron chi connectivity index (χ2n) is 2.89. The van der Waals surface area contributed by atoms with Gasteiger partial charge in [-0.3, -0.25) is 4.98 Å². The van der Waals surface area contributed by atoms with Crippen LogP contribution in [0.5, 0.6) is 0 Å². The van der Waals surface area contributed by atoms with E-state index in [9.17, 15) is 0 Å². The fourth-order valence-corrected chi connectivity index (χ4v) is 1.97. The molecule has 2 N–H and O–H groups in total. The molecule has 0 saturated heterocycles. The quantitative estimate of drug-likeness (QED) is 0.751. The van der Waals surface area contributed by atoms with Crippen LogP contribution in [-0.4, -0.2) is 4.98 Å². The van der Waals surface area contributed by atoms with Crippen molar-refractivity contribution in [2.24, 2.45) is 0 Å². The maximum Gasteiger partial charge on any atom is 0.0587 e. The number of hydrogen-bond acceptors (Lipinski definition) is 3. The molecule has 0 aromatic carbocycles. The Morgan fingerprint density at radius 3 is 2.69 bits per heavy atom. The second kappa shape index (κ2) is 3.18. The highest BCUT2D eigenvalue weighted by molar-refractivity contribution is 7.14. The van der Waals surface area contributed by atoms with Crippen molar-refractivity contribution < 1.29 is 0 Å². The molecule has 2 nitrogen and oxygen atoms in total. The van der Waals surface area contributed by atoms with Gasteiger partial charge in [0.25, 0.3) is 0 Å². The predicted molar refractivity (Wildman–Crippen MR) is 56.7 cm³/mol. The van der Waals surface area contributed by atoms with E-state index < -0.39 is 0 Å². The molecule has 0 spiro atoms. The molecule has 2 aromatic rings. The molecule has 0 aliphatic heterocycles. The smallest absolute Gasteiger partial charge is 0.0587 e. The third-order valence-electron chi connectivity index (χ3n) is 1.87. The van der Waals surface area contributed by atoms with Crippen LogP contribution >= 0.6 is 11.3 Å². The first-order chi connectivity index (χ1) is 6.27. The van der Waals surface area contributed by atoms with Crippen molar-refractivity contribution in [3.05, 3.63) is 35.5 Å². The first-order valence-electron chi connectivity index (χ1n) is 4.03. The summed E-state index contributed by atoms with van der Waals surface area (Å²) >= 11 is 1.64. The zero-order chi connectivity index (χ0) is 9.26. The topological polar surface area (TPSA) is 38.9 Å². The van der Waals surface area contributed by atoms with Crippen molar-refractivity contribution in [1.82, 2.24) is 4.98 Å². The number of nitrogen functional groups attached to an aromatic ring is 1. The van der Waals surface area contributed by atoms with Crippen LogP contribution in [0.25, 0.3) is 10.4 Å². The number of anilines is 1. The highest BCUT2D eigenvalue weighted by atomic mass is 32.1. The monoisotopic (exact) mass is 190 g/mol. The number of nitrogens with zero attached hydrogens (tertiary/aromatic N) is 1. The molecule has 0 saturated carbocycles. The lowest BCUT2D eigenvalue weighted by Gasteiger charge is -1.98. The van der Waals surface area contributed by atoms with Crippen LogP contribution in [-0.2, 0) is 0 Å². The summed E-state index contributed by atoms with van der Waals surface area (Å²) in [4.78, 5) is 5.33. The van der Waals surface area contributed by atoms with Crippen LogP contribution in [0.2, 0.25) is 0 Å². The molecule has 0 atom stereocenters. The van der Waals surface area contributed by atoms with Gasteiger partial charge >= 0.3 is 0 Å². The summed E-state index contributed by atoms with van der Waals surface area (Å²) in [6.07, 6.45) is 1.86. The van der Waals surface area contributed by atoms with Crippen molar-refractivity contribution in [2.45, 2.75) is 6.92 Å². The van der Waals surface area contributed by atoms with Gasteiger partial charge in [-0.05, 0) is 24.4 Å². The predicted octanol–water partition coefficient (Wildman–Crippen LogP) is 2.70. The third-order valence-corrected chi connectivity index (χ3v) is 2.85. The molecule has 0 unspecified atom stereocenters. The molecule has 2 rings (SSSR count). The van der Waals surface area contributed by atoms with E-state index in [0.29, 0.717) is 0 Å². The average molecular weight is 190 g/mol. The lowest BCUT2D eigenvalue weighted by molar-refractivity contribution is 1.20. The number of thiophene rings is 1. The molecule has 3 heteroatoms. The van der Waals surface area contributed by atoms with Gasteiger partial charge in [-0.15, -0.1) is 11.3 Å². The Kier molecular flexibility index (Phi) is 2.02. The summed E-state index contributed by atoms with van der Waals surface area (Å²) in [6.45, 7) is 1.97. The largest absolute Gasteiger partial charge is 0.398 e. The number of aromatic nitrogens is 1. The highest BCUT2D eigenvalue weighted by Gasteiger charge is 2.03. The molecule has 0 fully saturated rings. The average Bonchev–Trinajstić information content (AvgIpc) is 2.53. The molecule has 0 amide bonds. The van der Waals surface area contributed by atoms with Crippen LogP contribution in [0.1, 0.15) is 5.69 Å². The fourth-order valence-electron chi connectivity index (χ4n) is 1.16. The Morgan fingerprint density at radius 2 is 2.15 bits per heavy atom. The van der Waals surface area contributed by atoms with E-state index in [1.807, 2.05) is 36.7 Å². The number of aryl methyl sites for hydroxylation is 1. The molecule has 0 aliphatic rings. The third kappa shape index (κ3) is 1.55. The minimum absolute atomic E-state index is 0.829. The van der Waals surface area contributed by atoms with E-state index in [-0.39, 0.29) is 0 Å². The molecule has 2 aromatic heterocycles. The molecule has 0 aliphatic carbocycles. The van der Waals surface area contributed by atoms with Crippen LogP contribution in [0, 0.1) is 6.92 Å². The van der Waals surface area contributed by atoms with Crippen LogP contribution in [0.3, 0.4) is 0 Å². The lowest BCUT2D eigenvalue weighted by atomic mass is 10.2. The Balaban J connectivity index is 2.47. The van der Waals surface area contributed by atoms with Gasteiger partial charge in [0.05, 0.1) is 10.6 Å². The van der Waals surface area contributed by atoms with Crippen molar-refractivity contribution in [1.29, 1.82) is 0 Å². The van der Waals surface area contributed by atoms with E-state index in [4.69, 9.17) is 5.73 Å². The Bertz CT molecular complexity index is 403. The minimum Gasteiger partial charge on any atom is -0.398 e. The van der Waals surface area contributed by atoms with E-state index >= 15 is 0 Å². The fraction of sp³-hybridized carbons (Fsp3) is 0.100. The first-order valence-corrected chi connectivity index (χ1v) is 4.91.